The predicted octanol–water partition coefficient (Wildman–Crippen LogP) is 2.74. The number of amides is 2. The maximum absolute atomic E-state index is 12.7. The van der Waals surface area contributed by atoms with Gasteiger partial charge in [0.2, 0.25) is 17.6 Å². The van der Waals surface area contributed by atoms with Crippen molar-refractivity contribution in [1.29, 1.82) is 0 Å². The van der Waals surface area contributed by atoms with Gasteiger partial charge in [0.1, 0.15) is 33.0 Å². The summed E-state index contributed by atoms with van der Waals surface area (Å²) in [6, 6.07) is 8.74. The zero-order valence-electron chi connectivity index (χ0n) is 18.6. The van der Waals surface area contributed by atoms with Crippen molar-refractivity contribution in [2.75, 3.05) is 51.9 Å². The Morgan fingerprint density at radius 2 is 1.73 bits per heavy atom. The van der Waals surface area contributed by atoms with Crippen molar-refractivity contribution in [1.82, 2.24) is 4.90 Å². The number of ether oxygens (including phenoxy) is 5. The van der Waals surface area contributed by atoms with Gasteiger partial charge in [-0.3, -0.25) is 9.59 Å². The number of nitrogens with zero attached hydrogens (tertiary/aromatic N) is 1. The van der Waals surface area contributed by atoms with E-state index in [1.54, 1.807) is 43.5 Å². The highest BCUT2D eigenvalue weighted by Gasteiger charge is 2.19. The van der Waals surface area contributed by atoms with Gasteiger partial charge in [0.05, 0.1) is 7.11 Å². The summed E-state index contributed by atoms with van der Waals surface area (Å²) >= 11 is 0. The average Bonchev–Trinajstić information content (AvgIpc) is 2.85. The number of nitrogens with one attached hydrogen (secondary N) is 1. The SMILES string of the molecule is CCN(CC(=O)Nc1ccc2c(c1)OCCO2)C(=O)/C=C/c1cc(OC)c2c(c1)OCCO2. The first-order valence-corrected chi connectivity index (χ1v) is 10.7. The van der Waals surface area contributed by atoms with Crippen LogP contribution in [-0.2, 0) is 9.59 Å². The second-order valence-electron chi connectivity index (χ2n) is 7.34. The third-order valence-corrected chi connectivity index (χ3v) is 5.12. The smallest absolute Gasteiger partial charge is 0.247 e. The van der Waals surface area contributed by atoms with Crippen LogP contribution in [0.3, 0.4) is 0 Å². The van der Waals surface area contributed by atoms with Gasteiger partial charge >= 0.3 is 0 Å². The lowest BCUT2D eigenvalue weighted by Crippen LogP contribution is -2.36. The van der Waals surface area contributed by atoms with Crippen molar-refractivity contribution in [3.63, 3.8) is 0 Å². The number of methoxy groups -OCH3 is 1. The van der Waals surface area contributed by atoms with Crippen molar-refractivity contribution >= 4 is 23.6 Å². The number of anilines is 1. The Morgan fingerprint density at radius 3 is 2.48 bits per heavy atom. The highest BCUT2D eigenvalue weighted by atomic mass is 16.6. The third-order valence-electron chi connectivity index (χ3n) is 5.12. The molecule has 1 N–H and O–H groups in total. The van der Waals surface area contributed by atoms with Crippen molar-refractivity contribution in [2.24, 2.45) is 0 Å². The van der Waals surface area contributed by atoms with E-state index in [1.165, 1.54) is 11.0 Å². The van der Waals surface area contributed by atoms with Crippen LogP contribution in [0.25, 0.3) is 6.08 Å². The van der Waals surface area contributed by atoms with E-state index < -0.39 is 0 Å². The molecule has 0 bridgehead atoms. The molecule has 2 amide bonds. The fraction of sp³-hybridized carbons (Fsp3) is 0.333. The Morgan fingerprint density at radius 1 is 1.00 bits per heavy atom. The van der Waals surface area contributed by atoms with E-state index in [1.807, 2.05) is 6.92 Å². The monoisotopic (exact) mass is 454 g/mol. The number of likely N-dealkylation sites (N-methyl/N-ethyl adjacent to an activating group) is 1. The molecule has 2 aromatic rings. The average molecular weight is 454 g/mol. The standard InChI is InChI=1S/C24H26N2O7/c1-3-26(15-22(27)25-17-5-6-18-19(14-17)31-9-8-30-18)23(28)7-4-16-12-20(29-2)24-21(13-16)32-10-11-33-24/h4-7,12-14H,3,8-11,15H2,1-2H3,(H,25,27)/b7-4+. The van der Waals surface area contributed by atoms with Crippen LogP contribution in [0.15, 0.2) is 36.4 Å². The van der Waals surface area contributed by atoms with E-state index in [0.717, 1.165) is 5.56 Å². The zero-order valence-corrected chi connectivity index (χ0v) is 18.6. The van der Waals surface area contributed by atoms with Crippen molar-refractivity contribution < 1.29 is 33.3 Å². The van der Waals surface area contributed by atoms with Gasteiger partial charge in [0.25, 0.3) is 0 Å². The molecular weight excluding hydrogens is 428 g/mol. The molecule has 0 atom stereocenters. The molecule has 9 nitrogen and oxygen atoms in total. The van der Waals surface area contributed by atoms with Gasteiger partial charge in [-0.2, -0.15) is 0 Å². The number of hydrogen-bond donors (Lipinski definition) is 1. The molecule has 0 unspecified atom stereocenters. The van der Waals surface area contributed by atoms with Gasteiger partial charge in [0.15, 0.2) is 23.0 Å². The second-order valence-corrected chi connectivity index (χ2v) is 7.34. The molecule has 2 aliphatic rings. The second kappa shape index (κ2) is 10.2. The molecule has 0 saturated heterocycles. The van der Waals surface area contributed by atoms with E-state index in [4.69, 9.17) is 23.7 Å². The molecule has 9 heteroatoms. The number of carbonyl (C=O) groups excluding carboxylic acids is 2. The quantitative estimate of drug-likeness (QED) is 0.643. The lowest BCUT2D eigenvalue weighted by Gasteiger charge is -2.21. The van der Waals surface area contributed by atoms with Crippen LogP contribution in [0, 0.1) is 0 Å². The van der Waals surface area contributed by atoms with E-state index in [-0.39, 0.29) is 18.4 Å². The van der Waals surface area contributed by atoms with E-state index in [0.29, 0.717) is 67.4 Å². The van der Waals surface area contributed by atoms with Crippen LogP contribution in [0.2, 0.25) is 0 Å². The first-order chi connectivity index (χ1) is 16.1. The van der Waals surface area contributed by atoms with Crippen LogP contribution < -0.4 is 29.0 Å². The lowest BCUT2D eigenvalue weighted by atomic mass is 10.1. The minimum absolute atomic E-state index is 0.0847. The van der Waals surface area contributed by atoms with E-state index in [9.17, 15) is 9.59 Å². The minimum atomic E-state index is -0.309. The van der Waals surface area contributed by atoms with Gasteiger partial charge in [-0.25, -0.2) is 0 Å². The summed E-state index contributed by atoms with van der Waals surface area (Å²) < 4.78 is 27.6. The number of carbonyl (C=O) groups is 2. The number of benzene rings is 2. The fourth-order valence-corrected chi connectivity index (χ4v) is 3.50. The molecule has 174 valence electrons. The largest absolute Gasteiger partial charge is 0.493 e. The zero-order chi connectivity index (χ0) is 23.2. The van der Waals surface area contributed by atoms with Crippen LogP contribution in [0.1, 0.15) is 12.5 Å². The summed E-state index contributed by atoms with van der Waals surface area (Å²) in [5.74, 6) is 2.29. The van der Waals surface area contributed by atoms with Gasteiger partial charge in [-0.05, 0) is 42.8 Å². The Labute approximate surface area is 191 Å². The van der Waals surface area contributed by atoms with Crippen LogP contribution in [-0.4, -0.2) is 63.3 Å². The molecule has 2 aromatic carbocycles. The van der Waals surface area contributed by atoms with Crippen molar-refractivity contribution in [3.05, 3.63) is 42.0 Å². The number of fused-ring (bicyclic) bond motifs is 2. The Bertz CT molecular complexity index is 1050. The summed E-state index contributed by atoms with van der Waals surface area (Å²) in [7, 11) is 1.55. The van der Waals surface area contributed by atoms with Gasteiger partial charge in [-0.15, -0.1) is 0 Å². The molecule has 0 aliphatic carbocycles. The highest BCUT2D eigenvalue weighted by molar-refractivity contribution is 5.98. The van der Waals surface area contributed by atoms with Crippen LogP contribution in [0.5, 0.6) is 28.7 Å². The summed E-state index contributed by atoms with van der Waals surface area (Å²) in [6.45, 7) is 3.97. The number of hydrogen-bond acceptors (Lipinski definition) is 7. The summed E-state index contributed by atoms with van der Waals surface area (Å²) in [5, 5.41) is 2.80. The maximum Gasteiger partial charge on any atom is 0.247 e. The topological polar surface area (TPSA) is 95.6 Å². The van der Waals surface area contributed by atoms with Crippen molar-refractivity contribution in [2.45, 2.75) is 6.92 Å². The summed E-state index contributed by atoms with van der Waals surface area (Å²) in [4.78, 5) is 26.7. The number of rotatable bonds is 7. The third kappa shape index (κ3) is 5.31. The van der Waals surface area contributed by atoms with Gasteiger partial charge < -0.3 is 33.9 Å². The fourth-order valence-electron chi connectivity index (χ4n) is 3.50. The lowest BCUT2D eigenvalue weighted by molar-refractivity contribution is -0.130. The normalized spacial score (nSPS) is 14.0. The highest BCUT2D eigenvalue weighted by Crippen LogP contribution is 2.40. The predicted molar refractivity (Wildman–Crippen MR) is 121 cm³/mol. The molecule has 0 saturated carbocycles. The molecule has 2 heterocycles. The molecule has 0 aromatic heterocycles. The minimum Gasteiger partial charge on any atom is -0.493 e. The first-order valence-electron chi connectivity index (χ1n) is 10.7. The van der Waals surface area contributed by atoms with Gasteiger partial charge in [-0.1, -0.05) is 0 Å². The Hall–Kier alpha value is -3.88. The van der Waals surface area contributed by atoms with Gasteiger partial charge in [0, 0.05) is 24.4 Å². The molecule has 0 spiro atoms. The van der Waals surface area contributed by atoms with Crippen LogP contribution >= 0.6 is 0 Å². The molecular formula is C24H26N2O7. The Kier molecular flexibility index (Phi) is 6.87. The van der Waals surface area contributed by atoms with Crippen LogP contribution in [0.4, 0.5) is 5.69 Å². The molecule has 33 heavy (non-hydrogen) atoms. The Balaban J connectivity index is 1.39. The van der Waals surface area contributed by atoms with E-state index in [2.05, 4.69) is 5.32 Å². The molecule has 4 rings (SSSR count). The maximum atomic E-state index is 12.7. The molecule has 0 fully saturated rings. The molecule has 2 aliphatic heterocycles. The van der Waals surface area contributed by atoms with Crippen molar-refractivity contribution in [3.8, 4) is 28.7 Å². The summed E-state index contributed by atoms with van der Waals surface area (Å²) in [6.07, 6.45) is 3.08. The first kappa shape index (κ1) is 22.3. The van der Waals surface area contributed by atoms with E-state index >= 15 is 0 Å². The summed E-state index contributed by atoms with van der Waals surface area (Å²) in [5.41, 5.74) is 1.30. The molecule has 0 radical (unpaired) electrons.